The molecule has 0 heterocycles. The van der Waals surface area contributed by atoms with Crippen molar-refractivity contribution in [3.8, 4) is 0 Å². The third-order valence-corrected chi connectivity index (χ3v) is 2.00. The van der Waals surface area contributed by atoms with Gasteiger partial charge in [0.15, 0.2) is 0 Å². The molecule has 1 aromatic carbocycles. The molecule has 0 aliphatic heterocycles. The number of hydrogen-bond acceptors (Lipinski definition) is 3. The Morgan fingerprint density at radius 3 is 2.76 bits per heavy atom. The molecule has 0 bridgehead atoms. The summed E-state index contributed by atoms with van der Waals surface area (Å²) < 4.78 is 4.47. The summed E-state index contributed by atoms with van der Waals surface area (Å²) in [5.41, 5.74) is 0.778. The molecule has 1 rings (SSSR count). The van der Waals surface area contributed by atoms with E-state index in [1.54, 1.807) is 30.3 Å². The number of hydrogen-bond donors (Lipinski definition) is 2. The first-order chi connectivity index (χ1) is 8.19. The van der Waals surface area contributed by atoms with E-state index in [0.29, 0.717) is 17.8 Å². The molecule has 0 saturated heterocycles. The minimum absolute atomic E-state index is 0.281. The van der Waals surface area contributed by atoms with E-state index >= 15 is 0 Å². The molecule has 5 nitrogen and oxygen atoms in total. The first kappa shape index (κ1) is 12.8. The fourth-order valence-corrected chi connectivity index (χ4v) is 1.21. The molecule has 0 spiro atoms. The van der Waals surface area contributed by atoms with Gasteiger partial charge in [0.1, 0.15) is 0 Å². The van der Waals surface area contributed by atoms with E-state index in [1.165, 1.54) is 7.11 Å². The second kappa shape index (κ2) is 6.32. The smallest absolute Gasteiger partial charge is 0.411 e. The highest BCUT2D eigenvalue weighted by atomic mass is 16.5. The van der Waals surface area contributed by atoms with Crippen LogP contribution in [0.4, 0.5) is 10.5 Å². The maximum atomic E-state index is 11.7. The largest absolute Gasteiger partial charge is 0.453 e. The van der Waals surface area contributed by atoms with Crippen molar-refractivity contribution in [1.82, 2.24) is 5.32 Å². The number of nitrogens with one attached hydrogen (secondary N) is 2. The lowest BCUT2D eigenvalue weighted by Gasteiger charge is -2.09. The Balaban J connectivity index is 2.87. The second-order valence-electron chi connectivity index (χ2n) is 3.16. The van der Waals surface area contributed by atoms with Gasteiger partial charge in [-0.05, 0) is 12.1 Å². The molecule has 17 heavy (non-hydrogen) atoms. The van der Waals surface area contributed by atoms with Crippen LogP contribution in [0, 0.1) is 0 Å². The lowest BCUT2D eigenvalue weighted by atomic mass is 10.1. The number of amides is 2. The molecule has 0 aliphatic rings. The van der Waals surface area contributed by atoms with Crippen LogP contribution >= 0.6 is 0 Å². The van der Waals surface area contributed by atoms with Crippen molar-refractivity contribution in [2.24, 2.45) is 0 Å². The highest BCUT2D eigenvalue weighted by Gasteiger charge is 2.11. The molecule has 1 aromatic rings. The molecule has 0 saturated carbocycles. The zero-order chi connectivity index (χ0) is 12.7. The Bertz CT molecular complexity index is 430. The monoisotopic (exact) mass is 234 g/mol. The fourth-order valence-electron chi connectivity index (χ4n) is 1.21. The van der Waals surface area contributed by atoms with Crippen LogP contribution in [-0.2, 0) is 4.74 Å². The van der Waals surface area contributed by atoms with Crippen LogP contribution in [0.25, 0.3) is 0 Å². The molecular formula is C12H14N2O3. The van der Waals surface area contributed by atoms with Crippen molar-refractivity contribution in [1.29, 1.82) is 0 Å². The predicted octanol–water partition coefficient (Wildman–Crippen LogP) is 1.78. The van der Waals surface area contributed by atoms with E-state index in [9.17, 15) is 9.59 Å². The topological polar surface area (TPSA) is 67.4 Å². The molecule has 0 radical (unpaired) electrons. The van der Waals surface area contributed by atoms with Crippen molar-refractivity contribution in [3.63, 3.8) is 0 Å². The van der Waals surface area contributed by atoms with Crippen LogP contribution in [0.1, 0.15) is 10.4 Å². The average molecular weight is 234 g/mol. The third kappa shape index (κ3) is 3.64. The molecule has 0 atom stereocenters. The number of carbonyl (C=O) groups excluding carboxylic acids is 2. The van der Waals surface area contributed by atoms with Crippen molar-refractivity contribution in [2.45, 2.75) is 0 Å². The zero-order valence-corrected chi connectivity index (χ0v) is 9.53. The lowest BCUT2D eigenvalue weighted by molar-refractivity contribution is 0.0959. The van der Waals surface area contributed by atoms with Gasteiger partial charge in [0.2, 0.25) is 0 Å². The SMILES string of the molecule is C=CCNC(=O)c1ccccc1NC(=O)OC. The van der Waals surface area contributed by atoms with Gasteiger partial charge in [-0.2, -0.15) is 0 Å². The van der Waals surface area contributed by atoms with Crippen LogP contribution in [-0.4, -0.2) is 25.7 Å². The lowest BCUT2D eigenvalue weighted by Crippen LogP contribution is -2.25. The predicted molar refractivity (Wildman–Crippen MR) is 65.0 cm³/mol. The number of rotatable bonds is 4. The Morgan fingerprint density at radius 2 is 2.12 bits per heavy atom. The van der Waals surface area contributed by atoms with Gasteiger partial charge in [-0.15, -0.1) is 6.58 Å². The fraction of sp³-hybridized carbons (Fsp3) is 0.167. The summed E-state index contributed by atoms with van der Waals surface area (Å²) in [4.78, 5) is 22.8. The summed E-state index contributed by atoms with van der Waals surface area (Å²) in [5, 5.41) is 5.10. The summed E-state index contributed by atoms with van der Waals surface area (Å²) in [6.45, 7) is 3.87. The van der Waals surface area contributed by atoms with Crippen molar-refractivity contribution >= 4 is 17.7 Å². The first-order valence-electron chi connectivity index (χ1n) is 5.02. The Kier molecular flexibility index (Phi) is 4.75. The average Bonchev–Trinajstić information content (AvgIpc) is 2.36. The standard InChI is InChI=1S/C12H14N2O3/c1-3-8-13-11(15)9-6-4-5-7-10(9)14-12(16)17-2/h3-7H,1,8H2,2H3,(H,13,15)(H,14,16). The van der Waals surface area contributed by atoms with E-state index in [2.05, 4.69) is 21.9 Å². The van der Waals surface area contributed by atoms with Gasteiger partial charge < -0.3 is 10.1 Å². The van der Waals surface area contributed by atoms with Gasteiger partial charge in [-0.3, -0.25) is 10.1 Å². The number of ether oxygens (including phenoxy) is 1. The molecule has 0 aliphatic carbocycles. The van der Waals surface area contributed by atoms with E-state index in [1.807, 2.05) is 0 Å². The first-order valence-corrected chi connectivity index (χ1v) is 5.02. The quantitative estimate of drug-likeness (QED) is 0.780. The summed E-state index contributed by atoms with van der Waals surface area (Å²) in [6, 6.07) is 6.67. The van der Waals surface area contributed by atoms with E-state index < -0.39 is 6.09 Å². The summed E-state index contributed by atoms with van der Waals surface area (Å²) in [5.74, 6) is -0.281. The van der Waals surface area contributed by atoms with Gasteiger partial charge in [-0.1, -0.05) is 18.2 Å². The zero-order valence-electron chi connectivity index (χ0n) is 9.53. The van der Waals surface area contributed by atoms with Crippen LogP contribution in [0.5, 0.6) is 0 Å². The van der Waals surface area contributed by atoms with Crippen molar-refractivity contribution in [2.75, 3.05) is 19.0 Å². The van der Waals surface area contributed by atoms with Crippen LogP contribution < -0.4 is 10.6 Å². The van der Waals surface area contributed by atoms with Crippen molar-refractivity contribution in [3.05, 3.63) is 42.5 Å². The third-order valence-electron chi connectivity index (χ3n) is 2.00. The van der Waals surface area contributed by atoms with Crippen LogP contribution in [0.15, 0.2) is 36.9 Å². The Labute approximate surface area is 99.5 Å². The maximum absolute atomic E-state index is 11.7. The number of methoxy groups -OCH3 is 1. The summed E-state index contributed by atoms with van der Waals surface area (Å²) >= 11 is 0. The van der Waals surface area contributed by atoms with Gasteiger partial charge in [0.05, 0.1) is 18.4 Å². The highest BCUT2D eigenvalue weighted by molar-refractivity contribution is 6.02. The van der Waals surface area contributed by atoms with Gasteiger partial charge in [0.25, 0.3) is 5.91 Å². The van der Waals surface area contributed by atoms with E-state index in [-0.39, 0.29) is 5.91 Å². The number of anilines is 1. The van der Waals surface area contributed by atoms with E-state index in [0.717, 1.165) is 0 Å². The molecule has 2 amide bonds. The number of carbonyl (C=O) groups is 2. The van der Waals surface area contributed by atoms with E-state index in [4.69, 9.17) is 0 Å². The second-order valence-corrected chi connectivity index (χ2v) is 3.16. The molecular weight excluding hydrogens is 220 g/mol. The molecule has 90 valence electrons. The normalized spacial score (nSPS) is 9.24. The minimum atomic E-state index is -0.617. The highest BCUT2D eigenvalue weighted by Crippen LogP contribution is 2.14. The number of benzene rings is 1. The summed E-state index contributed by atoms with van der Waals surface area (Å²) in [7, 11) is 1.26. The Morgan fingerprint density at radius 1 is 1.41 bits per heavy atom. The summed E-state index contributed by atoms with van der Waals surface area (Å²) in [6.07, 6.45) is 0.961. The van der Waals surface area contributed by atoms with Gasteiger partial charge in [0, 0.05) is 6.54 Å². The molecule has 5 heteroatoms. The minimum Gasteiger partial charge on any atom is -0.453 e. The Hall–Kier alpha value is -2.30. The van der Waals surface area contributed by atoms with Gasteiger partial charge >= 0.3 is 6.09 Å². The number of para-hydroxylation sites is 1. The van der Waals surface area contributed by atoms with Crippen LogP contribution in [0.3, 0.4) is 0 Å². The molecule has 2 N–H and O–H groups in total. The molecule has 0 fully saturated rings. The maximum Gasteiger partial charge on any atom is 0.411 e. The molecule has 0 aromatic heterocycles. The molecule has 0 unspecified atom stereocenters. The van der Waals surface area contributed by atoms with Crippen molar-refractivity contribution < 1.29 is 14.3 Å². The van der Waals surface area contributed by atoms with Crippen LogP contribution in [0.2, 0.25) is 0 Å². The van der Waals surface area contributed by atoms with Gasteiger partial charge in [-0.25, -0.2) is 4.79 Å².